The molecule has 0 atom stereocenters. The van der Waals surface area contributed by atoms with Crippen LogP contribution in [-0.2, 0) is 11.2 Å². The number of nitrogens with zero attached hydrogens (tertiary/aromatic N) is 5. The first-order valence-corrected chi connectivity index (χ1v) is 12.2. The van der Waals surface area contributed by atoms with Gasteiger partial charge in [-0.25, -0.2) is 13.9 Å². The summed E-state index contributed by atoms with van der Waals surface area (Å²) in [7, 11) is 1.95. The lowest BCUT2D eigenvalue weighted by molar-refractivity contribution is -0.115. The standard InChI is InChI=1S/C23H29FN6OS/c1-14-18(15(2)30-22(25-14)27-23(28-30)32-4)13-21(31)26-16-10-11-20(19(24)12-16)29(3)17-8-6-5-7-9-17/h10-12,17H,5-9,13H2,1-4H3,(H,26,31). The molecule has 3 aromatic rings. The molecule has 1 aromatic carbocycles. The summed E-state index contributed by atoms with van der Waals surface area (Å²) in [5.74, 6) is -0.0258. The Labute approximate surface area is 191 Å². The van der Waals surface area contributed by atoms with Crippen molar-refractivity contribution in [2.45, 2.75) is 63.6 Å². The first kappa shape index (κ1) is 22.5. The maximum absolute atomic E-state index is 14.8. The normalized spacial score (nSPS) is 14.7. The first-order chi connectivity index (χ1) is 15.4. The molecule has 1 aliphatic carbocycles. The number of amides is 1. The number of hydrogen-bond acceptors (Lipinski definition) is 6. The molecule has 9 heteroatoms. The van der Waals surface area contributed by atoms with Gasteiger partial charge in [0, 0.05) is 35.7 Å². The van der Waals surface area contributed by atoms with Crippen molar-refractivity contribution in [3.63, 3.8) is 0 Å². The molecule has 0 radical (unpaired) electrons. The third kappa shape index (κ3) is 4.57. The van der Waals surface area contributed by atoms with Gasteiger partial charge in [-0.1, -0.05) is 31.0 Å². The number of nitrogens with one attached hydrogen (secondary N) is 1. The molecule has 1 fully saturated rings. The van der Waals surface area contributed by atoms with Crippen LogP contribution in [0.2, 0.25) is 0 Å². The van der Waals surface area contributed by atoms with Crippen molar-refractivity contribution < 1.29 is 9.18 Å². The predicted octanol–water partition coefficient (Wildman–Crippen LogP) is 4.55. The molecule has 170 valence electrons. The number of hydrogen-bond donors (Lipinski definition) is 1. The Kier molecular flexibility index (Phi) is 6.64. The Bertz CT molecular complexity index is 1140. The summed E-state index contributed by atoms with van der Waals surface area (Å²) in [5, 5.41) is 7.88. The second-order valence-corrected chi connectivity index (χ2v) is 9.14. The Morgan fingerprint density at radius 2 is 2.00 bits per heavy atom. The van der Waals surface area contributed by atoms with E-state index in [-0.39, 0.29) is 18.1 Å². The zero-order valence-electron chi connectivity index (χ0n) is 19.0. The highest BCUT2D eigenvalue weighted by molar-refractivity contribution is 7.98. The van der Waals surface area contributed by atoms with Gasteiger partial charge in [-0.3, -0.25) is 4.79 Å². The molecule has 1 aliphatic rings. The highest BCUT2D eigenvalue weighted by atomic mass is 32.2. The highest BCUT2D eigenvalue weighted by Gasteiger charge is 2.21. The van der Waals surface area contributed by atoms with Crippen molar-refractivity contribution >= 4 is 34.8 Å². The average molecular weight is 457 g/mol. The van der Waals surface area contributed by atoms with Gasteiger partial charge in [0.15, 0.2) is 0 Å². The van der Waals surface area contributed by atoms with E-state index in [1.54, 1.807) is 16.6 Å². The Morgan fingerprint density at radius 3 is 2.69 bits per heavy atom. The Hall–Kier alpha value is -2.68. The number of benzene rings is 1. The van der Waals surface area contributed by atoms with E-state index in [1.165, 1.54) is 37.1 Å². The molecular formula is C23H29FN6OS. The monoisotopic (exact) mass is 456 g/mol. The number of aromatic nitrogens is 4. The van der Waals surface area contributed by atoms with Crippen LogP contribution < -0.4 is 10.2 Å². The molecule has 2 heterocycles. The number of carbonyl (C=O) groups excluding carboxylic acids is 1. The van der Waals surface area contributed by atoms with Crippen molar-refractivity contribution in [3.8, 4) is 0 Å². The SMILES string of the molecule is CSc1nc2nc(C)c(CC(=O)Nc3ccc(N(C)C4CCCCC4)c(F)c3)c(C)n2n1. The van der Waals surface area contributed by atoms with Crippen LogP contribution in [0, 0.1) is 19.7 Å². The number of aryl methyl sites for hydroxylation is 2. The van der Waals surface area contributed by atoms with Gasteiger partial charge in [-0.2, -0.15) is 4.98 Å². The molecule has 0 unspecified atom stereocenters. The molecule has 0 aliphatic heterocycles. The number of halogens is 1. The third-order valence-corrected chi connectivity index (χ3v) is 6.82. The predicted molar refractivity (Wildman–Crippen MR) is 126 cm³/mol. The lowest BCUT2D eigenvalue weighted by Crippen LogP contribution is -2.33. The maximum Gasteiger partial charge on any atom is 0.253 e. The fraction of sp³-hybridized carbons (Fsp3) is 0.478. The third-order valence-electron chi connectivity index (χ3n) is 6.28. The minimum atomic E-state index is -0.321. The summed E-state index contributed by atoms with van der Waals surface area (Å²) < 4.78 is 16.5. The fourth-order valence-corrected chi connectivity index (χ4v) is 4.77. The van der Waals surface area contributed by atoms with Crippen LogP contribution in [0.15, 0.2) is 23.4 Å². The van der Waals surface area contributed by atoms with Gasteiger partial charge in [0.2, 0.25) is 11.1 Å². The van der Waals surface area contributed by atoms with E-state index >= 15 is 0 Å². The van der Waals surface area contributed by atoms with Crippen molar-refractivity contribution in [3.05, 3.63) is 41.0 Å². The fourth-order valence-electron chi connectivity index (χ4n) is 4.43. The van der Waals surface area contributed by atoms with Gasteiger partial charge >= 0.3 is 0 Å². The molecule has 7 nitrogen and oxygen atoms in total. The van der Waals surface area contributed by atoms with Crippen molar-refractivity contribution in [2.75, 3.05) is 23.5 Å². The number of fused-ring (bicyclic) bond motifs is 1. The van der Waals surface area contributed by atoms with Crippen molar-refractivity contribution in [1.29, 1.82) is 0 Å². The number of carbonyl (C=O) groups is 1. The van der Waals surface area contributed by atoms with E-state index in [0.717, 1.165) is 29.8 Å². The zero-order valence-corrected chi connectivity index (χ0v) is 19.8. The van der Waals surface area contributed by atoms with Crippen LogP contribution in [0.1, 0.15) is 49.1 Å². The van der Waals surface area contributed by atoms with Gasteiger partial charge in [-0.15, -0.1) is 5.10 Å². The van der Waals surface area contributed by atoms with Crippen LogP contribution in [0.5, 0.6) is 0 Å². The molecule has 1 saturated carbocycles. The van der Waals surface area contributed by atoms with Gasteiger partial charge in [0.25, 0.3) is 5.78 Å². The molecule has 4 rings (SSSR count). The molecule has 0 bridgehead atoms. The van der Waals surface area contributed by atoms with Crippen LogP contribution in [0.3, 0.4) is 0 Å². The second kappa shape index (κ2) is 9.44. The topological polar surface area (TPSA) is 75.4 Å². The zero-order chi connectivity index (χ0) is 22.8. The van der Waals surface area contributed by atoms with Crippen LogP contribution in [0.25, 0.3) is 5.78 Å². The maximum atomic E-state index is 14.8. The quantitative estimate of drug-likeness (QED) is 0.549. The smallest absolute Gasteiger partial charge is 0.253 e. The van der Waals surface area contributed by atoms with E-state index in [0.29, 0.717) is 28.4 Å². The second-order valence-electron chi connectivity index (χ2n) is 8.37. The van der Waals surface area contributed by atoms with Gasteiger partial charge in [0.05, 0.1) is 12.1 Å². The van der Waals surface area contributed by atoms with Gasteiger partial charge in [-0.05, 0) is 51.1 Å². The van der Waals surface area contributed by atoms with Gasteiger partial charge < -0.3 is 10.2 Å². The Balaban J connectivity index is 1.48. The summed E-state index contributed by atoms with van der Waals surface area (Å²) in [6, 6.07) is 5.29. The largest absolute Gasteiger partial charge is 0.369 e. The van der Waals surface area contributed by atoms with E-state index in [9.17, 15) is 9.18 Å². The summed E-state index contributed by atoms with van der Waals surface area (Å²) >= 11 is 1.44. The minimum Gasteiger partial charge on any atom is -0.369 e. The van der Waals surface area contributed by atoms with Crippen LogP contribution in [0.4, 0.5) is 15.8 Å². The highest BCUT2D eigenvalue weighted by Crippen LogP contribution is 2.29. The summed E-state index contributed by atoms with van der Waals surface area (Å²) in [6.07, 6.45) is 7.86. The molecular weight excluding hydrogens is 427 g/mol. The molecule has 2 aromatic heterocycles. The molecule has 32 heavy (non-hydrogen) atoms. The molecule has 1 N–H and O–H groups in total. The number of anilines is 2. The first-order valence-electron chi connectivity index (χ1n) is 11.0. The molecule has 0 spiro atoms. The van der Waals surface area contributed by atoms with Crippen molar-refractivity contribution in [2.24, 2.45) is 0 Å². The van der Waals surface area contributed by atoms with Crippen LogP contribution >= 0.6 is 11.8 Å². The van der Waals surface area contributed by atoms with E-state index in [1.807, 2.05) is 32.1 Å². The number of rotatable bonds is 6. The van der Waals surface area contributed by atoms with Crippen molar-refractivity contribution in [1.82, 2.24) is 19.6 Å². The lowest BCUT2D eigenvalue weighted by atomic mass is 9.94. The van der Waals surface area contributed by atoms with E-state index in [2.05, 4.69) is 20.4 Å². The average Bonchev–Trinajstić information content (AvgIpc) is 3.20. The van der Waals surface area contributed by atoms with E-state index in [4.69, 9.17) is 0 Å². The summed E-state index contributed by atoms with van der Waals surface area (Å²) in [5.41, 5.74) is 3.38. The number of thioether (sulfide) groups is 1. The Morgan fingerprint density at radius 1 is 1.25 bits per heavy atom. The van der Waals surface area contributed by atoms with E-state index < -0.39 is 0 Å². The summed E-state index contributed by atoms with van der Waals surface area (Å²) in [4.78, 5) is 23.6. The van der Waals surface area contributed by atoms with Gasteiger partial charge in [0.1, 0.15) is 5.82 Å². The minimum absolute atomic E-state index is 0.125. The lowest BCUT2D eigenvalue weighted by Gasteiger charge is -2.33. The summed E-state index contributed by atoms with van der Waals surface area (Å²) in [6.45, 7) is 3.76. The molecule has 1 amide bonds. The van der Waals surface area contributed by atoms with Crippen LogP contribution in [-0.4, -0.2) is 44.8 Å². The molecule has 0 saturated heterocycles.